The number of nitrogen functional groups attached to an aromatic ring is 2. The van der Waals surface area contributed by atoms with Crippen molar-refractivity contribution in [1.29, 1.82) is 0 Å². The maximum atomic E-state index is 13.6. The SMILES string of the molecule is CC(C)CCCCCCCCCCCCCC(C(=O)O)(C(=O)c1ccc(N)cc1)C(=O)c1ccc(N)cc1. The summed E-state index contributed by atoms with van der Waals surface area (Å²) in [5.74, 6) is -2.04. The minimum absolute atomic E-state index is 0.0505. The first-order valence-corrected chi connectivity index (χ1v) is 14.2. The topological polar surface area (TPSA) is 123 Å². The molecule has 208 valence electrons. The van der Waals surface area contributed by atoms with Gasteiger partial charge in [-0.2, -0.15) is 0 Å². The number of unbranched alkanes of at least 4 members (excludes halogenated alkanes) is 10. The van der Waals surface area contributed by atoms with Gasteiger partial charge in [-0.3, -0.25) is 14.4 Å². The molecule has 2 aromatic carbocycles. The average Bonchev–Trinajstić information content (AvgIpc) is 2.89. The lowest BCUT2D eigenvalue weighted by Crippen LogP contribution is -2.46. The van der Waals surface area contributed by atoms with Crippen LogP contribution in [-0.2, 0) is 4.79 Å². The van der Waals surface area contributed by atoms with Crippen LogP contribution in [0.5, 0.6) is 0 Å². The van der Waals surface area contributed by atoms with Gasteiger partial charge in [0.15, 0.2) is 17.0 Å². The van der Waals surface area contributed by atoms with Crippen LogP contribution in [0.15, 0.2) is 48.5 Å². The normalized spacial score (nSPS) is 11.6. The second-order valence-corrected chi connectivity index (χ2v) is 10.9. The lowest BCUT2D eigenvalue weighted by atomic mass is 9.71. The number of rotatable bonds is 19. The van der Waals surface area contributed by atoms with Crippen molar-refractivity contribution in [1.82, 2.24) is 0 Å². The molecule has 6 nitrogen and oxygen atoms in total. The molecule has 0 unspecified atom stereocenters. The van der Waals surface area contributed by atoms with E-state index in [4.69, 9.17) is 11.5 Å². The van der Waals surface area contributed by atoms with Crippen molar-refractivity contribution in [2.24, 2.45) is 11.3 Å². The summed E-state index contributed by atoms with van der Waals surface area (Å²) in [6.45, 7) is 4.55. The minimum atomic E-state index is -2.19. The fourth-order valence-corrected chi connectivity index (χ4v) is 4.93. The molecular weight excluding hydrogens is 476 g/mol. The smallest absolute Gasteiger partial charge is 0.325 e. The highest BCUT2D eigenvalue weighted by Crippen LogP contribution is 2.35. The molecule has 0 bridgehead atoms. The van der Waals surface area contributed by atoms with Crippen LogP contribution in [0, 0.1) is 11.3 Å². The summed E-state index contributed by atoms with van der Waals surface area (Å²) in [6, 6.07) is 12.1. The van der Waals surface area contributed by atoms with Gasteiger partial charge in [-0.15, -0.1) is 0 Å². The second-order valence-electron chi connectivity index (χ2n) is 10.9. The van der Waals surface area contributed by atoms with Crippen LogP contribution >= 0.6 is 0 Å². The molecule has 0 spiro atoms. The van der Waals surface area contributed by atoms with Crippen molar-refractivity contribution in [2.45, 2.75) is 97.3 Å². The number of benzene rings is 2. The largest absolute Gasteiger partial charge is 0.480 e. The summed E-state index contributed by atoms with van der Waals surface area (Å²) in [7, 11) is 0. The van der Waals surface area contributed by atoms with Gasteiger partial charge in [-0.05, 0) is 60.9 Å². The van der Waals surface area contributed by atoms with Gasteiger partial charge in [-0.1, -0.05) is 90.9 Å². The van der Waals surface area contributed by atoms with Crippen LogP contribution in [0.25, 0.3) is 0 Å². The summed E-state index contributed by atoms with van der Waals surface area (Å²) in [5.41, 5.74) is 10.5. The molecule has 0 radical (unpaired) electrons. The zero-order valence-electron chi connectivity index (χ0n) is 23.2. The molecular formula is C32H46N2O4. The van der Waals surface area contributed by atoms with E-state index < -0.39 is 23.0 Å². The van der Waals surface area contributed by atoms with E-state index in [1.165, 1.54) is 69.2 Å². The number of ketones is 2. The molecule has 0 atom stereocenters. The van der Waals surface area contributed by atoms with Gasteiger partial charge in [0, 0.05) is 22.5 Å². The second kappa shape index (κ2) is 16.0. The third-order valence-corrected chi connectivity index (χ3v) is 7.32. The molecule has 0 fully saturated rings. The highest BCUT2D eigenvalue weighted by atomic mass is 16.4. The summed E-state index contributed by atoms with van der Waals surface area (Å²) >= 11 is 0. The molecule has 38 heavy (non-hydrogen) atoms. The van der Waals surface area contributed by atoms with E-state index in [0.717, 1.165) is 31.6 Å². The van der Waals surface area contributed by atoms with Crippen LogP contribution < -0.4 is 11.5 Å². The van der Waals surface area contributed by atoms with Gasteiger partial charge in [0.05, 0.1) is 0 Å². The number of carbonyl (C=O) groups is 3. The molecule has 0 saturated carbocycles. The number of aliphatic carboxylic acids is 1. The maximum absolute atomic E-state index is 13.6. The van der Waals surface area contributed by atoms with E-state index in [2.05, 4.69) is 13.8 Å². The highest BCUT2D eigenvalue weighted by molar-refractivity contribution is 6.30. The average molecular weight is 523 g/mol. The van der Waals surface area contributed by atoms with E-state index >= 15 is 0 Å². The number of nitrogens with two attached hydrogens (primary N) is 2. The van der Waals surface area contributed by atoms with Crippen molar-refractivity contribution in [3.8, 4) is 0 Å². The Morgan fingerprint density at radius 1 is 0.632 bits per heavy atom. The zero-order valence-corrected chi connectivity index (χ0v) is 23.2. The van der Waals surface area contributed by atoms with Gasteiger partial charge >= 0.3 is 5.97 Å². The van der Waals surface area contributed by atoms with Crippen molar-refractivity contribution in [3.63, 3.8) is 0 Å². The molecule has 0 aromatic heterocycles. The predicted octanol–water partition coefficient (Wildman–Crippen LogP) is 7.71. The number of carbonyl (C=O) groups excluding carboxylic acids is 2. The molecule has 5 N–H and O–H groups in total. The van der Waals surface area contributed by atoms with E-state index in [-0.39, 0.29) is 17.5 Å². The third-order valence-electron chi connectivity index (χ3n) is 7.32. The summed E-state index contributed by atoms with van der Waals surface area (Å²) in [4.78, 5) is 39.9. The third kappa shape index (κ3) is 9.30. The van der Waals surface area contributed by atoms with Crippen molar-refractivity contribution < 1.29 is 19.5 Å². The number of carboxylic acid groups (broad SMARTS) is 1. The van der Waals surface area contributed by atoms with Crippen molar-refractivity contribution >= 4 is 28.9 Å². The Hall–Kier alpha value is -3.15. The Morgan fingerprint density at radius 3 is 1.32 bits per heavy atom. The van der Waals surface area contributed by atoms with Crippen molar-refractivity contribution in [2.75, 3.05) is 11.5 Å². The van der Waals surface area contributed by atoms with Crippen LogP contribution in [0.3, 0.4) is 0 Å². The van der Waals surface area contributed by atoms with E-state index in [0.29, 0.717) is 17.8 Å². The van der Waals surface area contributed by atoms with Crippen LogP contribution in [0.2, 0.25) is 0 Å². The maximum Gasteiger partial charge on any atom is 0.325 e. The minimum Gasteiger partial charge on any atom is -0.480 e. The monoisotopic (exact) mass is 522 g/mol. The molecule has 0 saturated heterocycles. The van der Waals surface area contributed by atoms with E-state index in [1.54, 1.807) is 24.3 Å². The van der Waals surface area contributed by atoms with E-state index in [1.807, 2.05) is 0 Å². The number of hydrogen-bond acceptors (Lipinski definition) is 5. The first kappa shape index (κ1) is 31.1. The molecule has 0 amide bonds. The number of Topliss-reactive ketones (excluding diaryl/α,β-unsaturated/α-hetero) is 2. The summed E-state index contributed by atoms with van der Waals surface area (Å²) < 4.78 is 0. The molecule has 0 aliphatic heterocycles. The van der Waals surface area contributed by atoms with E-state index in [9.17, 15) is 19.5 Å². The fraction of sp³-hybridized carbons (Fsp3) is 0.531. The molecule has 6 heteroatoms. The first-order chi connectivity index (χ1) is 18.2. The highest BCUT2D eigenvalue weighted by Gasteiger charge is 2.52. The van der Waals surface area contributed by atoms with Gasteiger partial charge in [0.25, 0.3) is 0 Å². The number of hydrogen-bond donors (Lipinski definition) is 3. The van der Waals surface area contributed by atoms with Gasteiger partial charge < -0.3 is 16.6 Å². The zero-order chi connectivity index (χ0) is 28.0. The Labute approximate surface area is 228 Å². The Morgan fingerprint density at radius 2 is 0.974 bits per heavy atom. The van der Waals surface area contributed by atoms with Gasteiger partial charge in [-0.25, -0.2) is 0 Å². The van der Waals surface area contributed by atoms with Crippen LogP contribution in [0.1, 0.15) is 118 Å². The number of anilines is 2. The molecule has 2 aromatic rings. The number of carboxylic acids is 1. The molecule has 0 heterocycles. The Balaban J connectivity index is 1.94. The Bertz CT molecular complexity index is 955. The van der Waals surface area contributed by atoms with Gasteiger partial charge in [0.1, 0.15) is 0 Å². The molecule has 0 aliphatic rings. The van der Waals surface area contributed by atoms with Crippen LogP contribution in [-0.4, -0.2) is 22.6 Å². The van der Waals surface area contributed by atoms with Crippen LogP contribution in [0.4, 0.5) is 11.4 Å². The predicted molar refractivity (Wildman–Crippen MR) is 155 cm³/mol. The molecule has 2 rings (SSSR count). The van der Waals surface area contributed by atoms with Gasteiger partial charge in [0.2, 0.25) is 0 Å². The first-order valence-electron chi connectivity index (χ1n) is 14.2. The van der Waals surface area contributed by atoms with Crippen molar-refractivity contribution in [3.05, 3.63) is 59.7 Å². The lowest BCUT2D eigenvalue weighted by molar-refractivity contribution is -0.143. The fourth-order valence-electron chi connectivity index (χ4n) is 4.93. The quantitative estimate of drug-likeness (QED) is 0.0751. The lowest BCUT2D eigenvalue weighted by Gasteiger charge is -2.27. The Kier molecular flexibility index (Phi) is 13.0. The summed E-state index contributed by atoms with van der Waals surface area (Å²) in [6.07, 6.45) is 13.4. The molecule has 0 aliphatic carbocycles. The summed E-state index contributed by atoms with van der Waals surface area (Å²) in [5, 5.41) is 10.3. The standard InChI is InChI=1S/C32H46N2O4/c1-24(2)14-12-10-8-6-4-3-5-7-9-11-13-23-32(31(37)38,29(35)25-15-19-27(33)20-16-25)30(36)26-17-21-28(34)22-18-26/h15-22,24H,3-14,23,33-34H2,1-2H3,(H,37,38).